The molecule has 1 atom stereocenters. The Hall–Kier alpha value is -1.62. The quantitative estimate of drug-likeness (QED) is 0.781. The van der Waals surface area contributed by atoms with E-state index in [1.54, 1.807) is 26.0 Å². The molecule has 1 rings (SSSR count). The third-order valence-electron chi connectivity index (χ3n) is 3.06. The van der Waals surface area contributed by atoms with Gasteiger partial charge in [-0.25, -0.2) is 9.18 Å². The third-order valence-corrected chi connectivity index (χ3v) is 3.06. The lowest BCUT2D eigenvalue weighted by molar-refractivity contribution is -0.149. The standard InChI is InChI=1S/C15H22FNO3/c1-5-8-17-15(3,14(18)19-4)10-20-12-6-7-13(16)11(2)9-12/h6-7,9,17H,5,8,10H2,1-4H3. The molecule has 1 aromatic carbocycles. The highest BCUT2D eigenvalue weighted by atomic mass is 19.1. The van der Waals surface area contributed by atoms with E-state index in [0.717, 1.165) is 6.42 Å². The zero-order chi connectivity index (χ0) is 15.2. The lowest BCUT2D eigenvalue weighted by Crippen LogP contribution is -2.54. The van der Waals surface area contributed by atoms with Crippen molar-refractivity contribution in [2.75, 3.05) is 20.3 Å². The molecule has 112 valence electrons. The van der Waals surface area contributed by atoms with Crippen LogP contribution in [0.5, 0.6) is 5.75 Å². The van der Waals surface area contributed by atoms with Crippen molar-refractivity contribution >= 4 is 5.97 Å². The summed E-state index contributed by atoms with van der Waals surface area (Å²) in [7, 11) is 1.34. The topological polar surface area (TPSA) is 47.6 Å². The Morgan fingerprint density at radius 1 is 1.45 bits per heavy atom. The summed E-state index contributed by atoms with van der Waals surface area (Å²) in [6, 6.07) is 4.49. The average molecular weight is 283 g/mol. The van der Waals surface area contributed by atoms with E-state index < -0.39 is 5.54 Å². The molecule has 0 aliphatic rings. The summed E-state index contributed by atoms with van der Waals surface area (Å²) in [5.41, 5.74) is -0.420. The fraction of sp³-hybridized carbons (Fsp3) is 0.533. The largest absolute Gasteiger partial charge is 0.491 e. The van der Waals surface area contributed by atoms with Gasteiger partial charge in [-0.15, -0.1) is 0 Å². The molecule has 0 aliphatic carbocycles. The van der Waals surface area contributed by atoms with Crippen molar-refractivity contribution in [3.8, 4) is 5.75 Å². The highest BCUT2D eigenvalue weighted by molar-refractivity contribution is 5.80. The first kappa shape index (κ1) is 16.4. The van der Waals surface area contributed by atoms with E-state index in [4.69, 9.17) is 9.47 Å². The summed E-state index contributed by atoms with van der Waals surface area (Å²) < 4.78 is 23.6. The first-order chi connectivity index (χ1) is 9.42. The molecule has 0 spiro atoms. The van der Waals surface area contributed by atoms with E-state index in [1.165, 1.54) is 13.2 Å². The number of methoxy groups -OCH3 is 1. The lowest BCUT2D eigenvalue weighted by atomic mass is 10.0. The predicted molar refractivity (Wildman–Crippen MR) is 75.3 cm³/mol. The molecular weight excluding hydrogens is 261 g/mol. The second-order valence-corrected chi connectivity index (χ2v) is 4.95. The van der Waals surface area contributed by atoms with Crippen LogP contribution in [0.15, 0.2) is 18.2 Å². The maximum absolute atomic E-state index is 13.2. The minimum atomic E-state index is -0.924. The second-order valence-electron chi connectivity index (χ2n) is 4.95. The Morgan fingerprint density at radius 3 is 2.70 bits per heavy atom. The van der Waals surface area contributed by atoms with Gasteiger partial charge >= 0.3 is 5.97 Å². The molecule has 0 radical (unpaired) electrons. The molecule has 0 amide bonds. The second kappa shape index (κ2) is 7.24. The summed E-state index contributed by atoms with van der Waals surface area (Å²) in [6.07, 6.45) is 0.891. The van der Waals surface area contributed by atoms with Crippen LogP contribution in [0.1, 0.15) is 25.8 Å². The molecule has 0 aromatic heterocycles. The zero-order valence-corrected chi connectivity index (χ0v) is 12.5. The number of hydrogen-bond acceptors (Lipinski definition) is 4. The summed E-state index contributed by atoms with van der Waals surface area (Å²) in [6.45, 7) is 6.19. The molecule has 0 saturated carbocycles. The lowest BCUT2D eigenvalue weighted by Gasteiger charge is -2.27. The number of esters is 1. The van der Waals surface area contributed by atoms with Gasteiger partial charge in [-0.05, 0) is 50.6 Å². The average Bonchev–Trinajstić information content (AvgIpc) is 2.45. The Balaban J connectivity index is 2.75. The van der Waals surface area contributed by atoms with E-state index in [0.29, 0.717) is 17.9 Å². The van der Waals surface area contributed by atoms with Gasteiger partial charge in [-0.2, -0.15) is 0 Å². The molecule has 0 saturated heterocycles. The van der Waals surface area contributed by atoms with Crippen molar-refractivity contribution in [3.05, 3.63) is 29.6 Å². The van der Waals surface area contributed by atoms with Crippen LogP contribution in [0.25, 0.3) is 0 Å². The predicted octanol–water partition coefficient (Wildman–Crippen LogP) is 2.44. The third kappa shape index (κ3) is 4.20. The first-order valence-electron chi connectivity index (χ1n) is 6.65. The summed E-state index contributed by atoms with van der Waals surface area (Å²) in [4.78, 5) is 11.9. The van der Waals surface area contributed by atoms with Crippen molar-refractivity contribution in [2.45, 2.75) is 32.7 Å². The number of halogens is 1. The van der Waals surface area contributed by atoms with Gasteiger partial charge in [0, 0.05) is 0 Å². The van der Waals surface area contributed by atoms with Crippen LogP contribution in [0.2, 0.25) is 0 Å². The Labute approximate surface area is 119 Å². The number of hydrogen-bond donors (Lipinski definition) is 1. The van der Waals surface area contributed by atoms with Gasteiger partial charge in [-0.1, -0.05) is 6.92 Å². The highest BCUT2D eigenvalue weighted by Crippen LogP contribution is 2.18. The smallest absolute Gasteiger partial charge is 0.329 e. The molecule has 1 N–H and O–H groups in total. The molecule has 0 fully saturated rings. The monoisotopic (exact) mass is 283 g/mol. The molecule has 0 bridgehead atoms. The van der Waals surface area contributed by atoms with Crippen LogP contribution < -0.4 is 10.1 Å². The fourth-order valence-corrected chi connectivity index (χ4v) is 1.74. The van der Waals surface area contributed by atoms with Gasteiger partial charge in [0.1, 0.15) is 23.7 Å². The summed E-state index contributed by atoms with van der Waals surface area (Å²) >= 11 is 0. The number of carbonyl (C=O) groups excluding carboxylic acids is 1. The van der Waals surface area contributed by atoms with E-state index in [2.05, 4.69) is 5.32 Å². The molecule has 4 nitrogen and oxygen atoms in total. The number of ether oxygens (including phenoxy) is 2. The van der Waals surface area contributed by atoms with Gasteiger partial charge < -0.3 is 9.47 Å². The van der Waals surface area contributed by atoms with Crippen LogP contribution in [-0.2, 0) is 9.53 Å². The Kier molecular flexibility index (Phi) is 5.95. The number of rotatable bonds is 7. The number of carbonyl (C=O) groups is 1. The Morgan fingerprint density at radius 2 is 2.15 bits per heavy atom. The molecule has 0 aliphatic heterocycles. The van der Waals surface area contributed by atoms with Crippen molar-refractivity contribution in [2.24, 2.45) is 0 Å². The van der Waals surface area contributed by atoms with Crippen LogP contribution in [-0.4, -0.2) is 31.8 Å². The molecule has 1 aromatic rings. The molecule has 20 heavy (non-hydrogen) atoms. The fourth-order valence-electron chi connectivity index (χ4n) is 1.74. The minimum Gasteiger partial charge on any atom is -0.491 e. The molecule has 1 unspecified atom stereocenters. The molecular formula is C15H22FNO3. The highest BCUT2D eigenvalue weighted by Gasteiger charge is 2.34. The number of aryl methyl sites for hydroxylation is 1. The maximum atomic E-state index is 13.2. The normalized spacial score (nSPS) is 13.7. The van der Waals surface area contributed by atoms with Gasteiger partial charge in [0.2, 0.25) is 0 Å². The Bertz CT molecular complexity index is 464. The van der Waals surface area contributed by atoms with E-state index in [-0.39, 0.29) is 18.4 Å². The van der Waals surface area contributed by atoms with Crippen LogP contribution in [0.3, 0.4) is 0 Å². The van der Waals surface area contributed by atoms with Gasteiger partial charge in [0.25, 0.3) is 0 Å². The minimum absolute atomic E-state index is 0.116. The maximum Gasteiger partial charge on any atom is 0.329 e. The molecule has 0 heterocycles. The summed E-state index contributed by atoms with van der Waals surface area (Å²) in [5.74, 6) is -0.140. The first-order valence-corrected chi connectivity index (χ1v) is 6.65. The summed E-state index contributed by atoms with van der Waals surface area (Å²) in [5, 5.41) is 3.12. The van der Waals surface area contributed by atoms with Crippen LogP contribution in [0.4, 0.5) is 4.39 Å². The van der Waals surface area contributed by atoms with Crippen LogP contribution in [0, 0.1) is 12.7 Å². The van der Waals surface area contributed by atoms with Crippen molar-refractivity contribution in [3.63, 3.8) is 0 Å². The van der Waals surface area contributed by atoms with Gasteiger partial charge in [0.15, 0.2) is 0 Å². The molecule has 5 heteroatoms. The van der Waals surface area contributed by atoms with Gasteiger partial charge in [0.05, 0.1) is 7.11 Å². The SMILES string of the molecule is CCCNC(C)(COc1ccc(F)c(C)c1)C(=O)OC. The van der Waals surface area contributed by atoms with Crippen molar-refractivity contribution < 1.29 is 18.7 Å². The number of nitrogens with one attached hydrogen (secondary N) is 1. The van der Waals surface area contributed by atoms with Crippen molar-refractivity contribution in [1.82, 2.24) is 5.32 Å². The van der Waals surface area contributed by atoms with E-state index in [9.17, 15) is 9.18 Å². The van der Waals surface area contributed by atoms with Crippen LogP contribution >= 0.6 is 0 Å². The van der Waals surface area contributed by atoms with E-state index in [1.807, 2.05) is 6.92 Å². The van der Waals surface area contributed by atoms with E-state index >= 15 is 0 Å². The van der Waals surface area contributed by atoms with Gasteiger partial charge in [-0.3, -0.25) is 5.32 Å². The number of benzene rings is 1. The van der Waals surface area contributed by atoms with Crippen molar-refractivity contribution in [1.29, 1.82) is 0 Å². The zero-order valence-electron chi connectivity index (χ0n) is 12.5.